The summed E-state index contributed by atoms with van der Waals surface area (Å²) in [5.74, 6) is -0.294. The fraction of sp³-hybridized carbons (Fsp3) is 0.682. The molecule has 0 aromatic heterocycles. The van der Waals surface area contributed by atoms with Crippen LogP contribution in [0.2, 0.25) is 0 Å². The molecule has 2 spiro atoms. The van der Waals surface area contributed by atoms with E-state index in [0.29, 0.717) is 37.6 Å². The predicted octanol–water partition coefficient (Wildman–Crippen LogP) is 1.53. The third kappa shape index (κ3) is 1.82. The molecule has 4 aliphatic carbocycles. The fourth-order valence-corrected chi connectivity index (χ4v) is 8.54. The minimum Gasteiger partial charge on any atom is -0.478 e. The molecule has 7 unspecified atom stereocenters. The summed E-state index contributed by atoms with van der Waals surface area (Å²) in [6.07, 6.45) is 8.90. The van der Waals surface area contributed by atoms with Crippen molar-refractivity contribution >= 4 is 18.2 Å². The van der Waals surface area contributed by atoms with E-state index in [1.54, 1.807) is 7.05 Å². The Morgan fingerprint density at radius 1 is 1.34 bits per heavy atom. The summed E-state index contributed by atoms with van der Waals surface area (Å²) in [4.78, 5) is 30.7. The summed E-state index contributed by atoms with van der Waals surface area (Å²) >= 11 is 0. The zero-order chi connectivity index (χ0) is 20.8. The van der Waals surface area contributed by atoms with Gasteiger partial charge >= 0.3 is 5.97 Å². The van der Waals surface area contributed by atoms with E-state index in [1.807, 2.05) is 11.1 Å². The van der Waals surface area contributed by atoms with Gasteiger partial charge in [-0.25, -0.2) is 4.79 Å². The van der Waals surface area contributed by atoms with E-state index in [1.165, 1.54) is 0 Å². The van der Waals surface area contributed by atoms with Gasteiger partial charge in [-0.05, 0) is 55.4 Å². The molecule has 0 radical (unpaired) electrons. The topological polar surface area (TPSA) is 116 Å². The normalized spacial score (nSPS) is 47.8. The highest BCUT2D eigenvalue weighted by molar-refractivity contribution is 5.98. The van der Waals surface area contributed by atoms with E-state index in [4.69, 9.17) is 5.73 Å². The van der Waals surface area contributed by atoms with Crippen LogP contribution in [0, 0.1) is 34.5 Å². The molecule has 0 amide bonds. The van der Waals surface area contributed by atoms with Gasteiger partial charge in [-0.1, -0.05) is 13.0 Å². The number of aldehydes is 1. The van der Waals surface area contributed by atoms with Crippen LogP contribution in [0.15, 0.2) is 28.4 Å². The lowest BCUT2D eigenvalue weighted by molar-refractivity contribution is -0.178. The molecule has 1 heterocycles. The molecule has 2 bridgehead atoms. The van der Waals surface area contributed by atoms with Gasteiger partial charge in [-0.2, -0.15) is 0 Å². The number of allylic oxidation sites excluding steroid dienone is 2. The Balaban J connectivity index is 1.82. The number of carboxylic acids is 1. The van der Waals surface area contributed by atoms with E-state index in [2.05, 4.69) is 18.0 Å². The number of aliphatic carboxylic acids is 1. The van der Waals surface area contributed by atoms with Crippen molar-refractivity contribution < 1.29 is 19.8 Å². The minimum atomic E-state index is -1.91. The second-order valence-corrected chi connectivity index (χ2v) is 9.68. The summed E-state index contributed by atoms with van der Waals surface area (Å²) in [5.41, 5.74) is 4.36. The largest absolute Gasteiger partial charge is 0.478 e. The average Bonchev–Trinajstić information content (AvgIpc) is 3.06. The van der Waals surface area contributed by atoms with Crippen molar-refractivity contribution in [3.8, 4) is 0 Å². The highest BCUT2D eigenvalue weighted by Crippen LogP contribution is 2.81. The molecule has 7 heteroatoms. The molecule has 3 fully saturated rings. The van der Waals surface area contributed by atoms with Gasteiger partial charge in [0.2, 0.25) is 0 Å². The fourth-order valence-electron chi connectivity index (χ4n) is 8.54. The molecule has 0 aromatic rings. The Morgan fingerprint density at radius 3 is 2.76 bits per heavy atom. The highest BCUT2D eigenvalue weighted by Gasteiger charge is 2.80. The Labute approximate surface area is 170 Å². The zero-order valence-corrected chi connectivity index (χ0v) is 17.0. The monoisotopic (exact) mass is 399 g/mol. The number of aliphatic imine (C=N–C) groups is 1. The maximum Gasteiger partial charge on any atom is 0.334 e. The minimum absolute atomic E-state index is 0.0352. The molecule has 5 aliphatic rings. The average molecular weight is 399 g/mol. The lowest BCUT2D eigenvalue weighted by Gasteiger charge is -2.66. The van der Waals surface area contributed by atoms with Crippen LogP contribution in [0.1, 0.15) is 39.0 Å². The first-order valence-corrected chi connectivity index (χ1v) is 10.6. The van der Waals surface area contributed by atoms with Crippen LogP contribution in [-0.2, 0) is 9.59 Å². The van der Waals surface area contributed by atoms with Crippen molar-refractivity contribution in [2.75, 3.05) is 13.6 Å². The van der Waals surface area contributed by atoms with E-state index < -0.39 is 22.9 Å². The van der Waals surface area contributed by atoms with Crippen molar-refractivity contribution in [2.45, 2.75) is 44.6 Å². The molecule has 4 N–H and O–H groups in total. The number of rotatable bonds is 2. The number of nitrogens with zero attached hydrogens (tertiary/aromatic N) is 2. The first-order chi connectivity index (χ1) is 13.8. The molecule has 5 rings (SSSR count). The number of carbonyl (C=O) groups excluding carboxylic acids is 1. The van der Waals surface area contributed by atoms with Gasteiger partial charge in [-0.3, -0.25) is 9.79 Å². The molecule has 1 aliphatic heterocycles. The Kier molecular flexibility index (Phi) is 3.72. The van der Waals surface area contributed by atoms with Crippen molar-refractivity contribution in [2.24, 2.45) is 45.2 Å². The van der Waals surface area contributed by atoms with Gasteiger partial charge in [0.15, 0.2) is 17.8 Å². The highest BCUT2D eigenvalue weighted by atomic mass is 16.4. The van der Waals surface area contributed by atoms with Crippen molar-refractivity contribution in [1.82, 2.24) is 4.90 Å². The lowest BCUT2D eigenvalue weighted by atomic mass is 9.39. The number of carboxylic acid groups (broad SMARTS) is 1. The quantitative estimate of drug-likeness (QED) is 0.368. The van der Waals surface area contributed by atoms with E-state index in [0.717, 1.165) is 24.8 Å². The lowest BCUT2D eigenvalue weighted by Crippen LogP contribution is -2.66. The summed E-state index contributed by atoms with van der Waals surface area (Å²) in [5, 5.41) is 21.6. The van der Waals surface area contributed by atoms with Crippen molar-refractivity contribution in [3.63, 3.8) is 0 Å². The number of hydrogen-bond donors (Lipinski definition) is 3. The SMILES string of the molecule is CN=C(N)N1C=CC2CCC3C(O)(C=O)C(C(=O)O)=C4CC5CCC(C)C43C25C1. The van der Waals surface area contributed by atoms with Gasteiger partial charge in [0.05, 0.1) is 5.57 Å². The molecule has 7 nitrogen and oxygen atoms in total. The van der Waals surface area contributed by atoms with Gasteiger partial charge in [0.25, 0.3) is 0 Å². The first kappa shape index (κ1) is 18.9. The van der Waals surface area contributed by atoms with Gasteiger partial charge in [-0.15, -0.1) is 0 Å². The third-order valence-corrected chi connectivity index (χ3v) is 9.23. The summed E-state index contributed by atoms with van der Waals surface area (Å²) in [6, 6.07) is 0. The Hall–Kier alpha value is -2.15. The number of hydrogen-bond acceptors (Lipinski definition) is 4. The van der Waals surface area contributed by atoms with Gasteiger partial charge in [0.1, 0.15) is 0 Å². The smallest absolute Gasteiger partial charge is 0.334 e. The molecule has 29 heavy (non-hydrogen) atoms. The number of aliphatic hydroxyl groups is 1. The van der Waals surface area contributed by atoms with E-state index >= 15 is 0 Å². The second kappa shape index (κ2) is 5.72. The van der Waals surface area contributed by atoms with Crippen LogP contribution in [0.3, 0.4) is 0 Å². The maximum absolute atomic E-state index is 12.3. The first-order valence-electron chi connectivity index (χ1n) is 10.6. The summed E-state index contributed by atoms with van der Waals surface area (Å²) < 4.78 is 0. The van der Waals surface area contributed by atoms with Crippen molar-refractivity contribution in [3.05, 3.63) is 23.4 Å². The van der Waals surface area contributed by atoms with Crippen LogP contribution in [0.4, 0.5) is 0 Å². The number of carbonyl (C=O) groups is 2. The maximum atomic E-state index is 12.3. The number of nitrogens with two attached hydrogens (primary N) is 1. The Morgan fingerprint density at radius 2 is 2.10 bits per heavy atom. The van der Waals surface area contributed by atoms with Crippen molar-refractivity contribution in [1.29, 1.82) is 0 Å². The van der Waals surface area contributed by atoms with Crippen LogP contribution >= 0.6 is 0 Å². The van der Waals surface area contributed by atoms with Gasteiger partial charge < -0.3 is 20.8 Å². The van der Waals surface area contributed by atoms with Crippen LogP contribution in [0.25, 0.3) is 0 Å². The Bertz CT molecular complexity index is 894. The molecular weight excluding hydrogens is 370 g/mol. The predicted molar refractivity (Wildman–Crippen MR) is 107 cm³/mol. The molecular formula is C22H29N3O4. The number of guanidine groups is 1. The summed E-state index contributed by atoms with van der Waals surface area (Å²) in [7, 11) is 1.67. The standard InChI is InChI=1S/C22H29N3O4/c1-12-3-4-14-9-15-17(18(27)28)21(29,11-26)16-6-5-13-7-8-25(19(23)24-2)10-20(13,14)22(12,15)16/h7-8,11-14,16,29H,3-6,9-10H2,1-2H3,(H2,23,24)(H,27,28). The molecule has 156 valence electrons. The zero-order valence-electron chi connectivity index (χ0n) is 17.0. The molecule has 0 saturated heterocycles. The van der Waals surface area contributed by atoms with Gasteiger partial charge in [0, 0.05) is 36.5 Å². The van der Waals surface area contributed by atoms with E-state index in [9.17, 15) is 19.8 Å². The third-order valence-electron chi connectivity index (χ3n) is 9.23. The summed E-state index contributed by atoms with van der Waals surface area (Å²) in [6.45, 7) is 2.85. The molecule has 3 saturated carbocycles. The van der Waals surface area contributed by atoms with Crippen LogP contribution < -0.4 is 5.73 Å². The van der Waals surface area contributed by atoms with Crippen LogP contribution in [-0.4, -0.2) is 52.5 Å². The second-order valence-electron chi connectivity index (χ2n) is 9.68. The van der Waals surface area contributed by atoms with E-state index in [-0.39, 0.29) is 22.8 Å². The van der Waals surface area contributed by atoms with Crippen LogP contribution in [0.5, 0.6) is 0 Å². The molecule has 0 aromatic carbocycles. The molecule has 7 atom stereocenters.